The predicted molar refractivity (Wildman–Crippen MR) is 58.4 cm³/mol. The zero-order valence-corrected chi connectivity index (χ0v) is 9.45. The fraction of sp³-hybridized carbons (Fsp3) is 0.556. The Hall–Kier alpha value is -1.07. The van der Waals surface area contributed by atoms with Crippen LogP contribution in [0.3, 0.4) is 0 Å². The van der Waals surface area contributed by atoms with E-state index in [4.69, 9.17) is 16.3 Å². The highest BCUT2D eigenvalue weighted by Crippen LogP contribution is 2.19. The molecule has 0 aliphatic carbocycles. The third kappa shape index (κ3) is 3.53. The van der Waals surface area contributed by atoms with E-state index in [0.29, 0.717) is 23.8 Å². The van der Waals surface area contributed by atoms with Gasteiger partial charge in [-0.1, -0.05) is 18.5 Å². The number of aromatic nitrogens is 2. The van der Waals surface area contributed by atoms with Gasteiger partial charge in [-0.15, -0.1) is 0 Å². The molecule has 2 N–H and O–H groups in total. The minimum Gasteiger partial charge on any atom is -0.467 e. The summed E-state index contributed by atoms with van der Waals surface area (Å²) < 4.78 is 4.86. The lowest BCUT2D eigenvalue weighted by Crippen LogP contribution is -2.19. The topological polar surface area (TPSA) is 67.3 Å². The van der Waals surface area contributed by atoms with Crippen LogP contribution in [0.5, 0.6) is 6.01 Å². The Morgan fingerprint density at radius 1 is 1.67 bits per heavy atom. The summed E-state index contributed by atoms with van der Waals surface area (Å²) in [4.78, 5) is 7.85. The third-order valence-corrected chi connectivity index (χ3v) is 2.16. The quantitative estimate of drug-likeness (QED) is 0.800. The summed E-state index contributed by atoms with van der Waals surface area (Å²) in [5, 5.41) is 12.7. The Morgan fingerprint density at radius 2 is 2.40 bits per heavy atom. The van der Waals surface area contributed by atoms with Crippen molar-refractivity contribution < 1.29 is 9.84 Å². The van der Waals surface area contributed by atoms with E-state index >= 15 is 0 Å². The van der Waals surface area contributed by atoms with E-state index in [1.165, 1.54) is 13.3 Å². The zero-order valence-electron chi connectivity index (χ0n) is 8.70. The summed E-state index contributed by atoms with van der Waals surface area (Å²) in [6, 6.07) is 0.243. The van der Waals surface area contributed by atoms with Crippen LogP contribution in [0.4, 0.5) is 5.82 Å². The molecule has 15 heavy (non-hydrogen) atoms. The maximum atomic E-state index is 9.36. The summed E-state index contributed by atoms with van der Waals surface area (Å²) in [5.41, 5.74) is 0. The van der Waals surface area contributed by atoms with E-state index in [1.54, 1.807) is 0 Å². The van der Waals surface area contributed by atoms with Gasteiger partial charge < -0.3 is 15.2 Å². The van der Waals surface area contributed by atoms with Crippen molar-refractivity contribution in [1.82, 2.24) is 9.97 Å². The first-order chi connectivity index (χ1) is 7.17. The fourth-order valence-corrected chi connectivity index (χ4v) is 1.09. The SMILES string of the molecule is CCC(O)CNc1nc(OC)ncc1Cl. The molecule has 5 nitrogen and oxygen atoms in total. The van der Waals surface area contributed by atoms with E-state index in [1.807, 2.05) is 6.92 Å². The number of hydrogen-bond acceptors (Lipinski definition) is 5. The van der Waals surface area contributed by atoms with E-state index in [-0.39, 0.29) is 6.01 Å². The third-order valence-electron chi connectivity index (χ3n) is 1.88. The number of ether oxygens (including phenoxy) is 1. The monoisotopic (exact) mass is 231 g/mol. The number of methoxy groups -OCH3 is 1. The lowest BCUT2D eigenvalue weighted by Gasteiger charge is -2.11. The molecule has 0 amide bonds. The summed E-state index contributed by atoms with van der Waals surface area (Å²) in [7, 11) is 1.48. The maximum absolute atomic E-state index is 9.36. The molecule has 0 spiro atoms. The number of aliphatic hydroxyl groups excluding tert-OH is 1. The van der Waals surface area contributed by atoms with Crippen LogP contribution in [0.1, 0.15) is 13.3 Å². The van der Waals surface area contributed by atoms with E-state index in [0.717, 1.165) is 0 Å². The summed E-state index contributed by atoms with van der Waals surface area (Å²) in [6.07, 6.45) is 1.71. The van der Waals surface area contributed by atoms with Crippen molar-refractivity contribution in [3.05, 3.63) is 11.2 Å². The van der Waals surface area contributed by atoms with Gasteiger partial charge in [-0.2, -0.15) is 4.98 Å². The van der Waals surface area contributed by atoms with Gasteiger partial charge in [0.1, 0.15) is 5.02 Å². The predicted octanol–water partition coefficient (Wildman–Crippen LogP) is 1.32. The van der Waals surface area contributed by atoms with Gasteiger partial charge in [0.25, 0.3) is 0 Å². The number of hydrogen-bond donors (Lipinski definition) is 2. The van der Waals surface area contributed by atoms with Gasteiger partial charge in [0, 0.05) is 6.54 Å². The van der Waals surface area contributed by atoms with Crippen molar-refractivity contribution in [2.45, 2.75) is 19.4 Å². The van der Waals surface area contributed by atoms with Crippen LogP contribution >= 0.6 is 11.6 Å². The molecule has 0 fully saturated rings. The number of anilines is 1. The molecule has 1 aromatic rings. The minimum atomic E-state index is -0.415. The number of nitrogens with one attached hydrogen (secondary N) is 1. The van der Waals surface area contributed by atoms with Crippen LogP contribution in [0.15, 0.2) is 6.20 Å². The average Bonchev–Trinajstić information content (AvgIpc) is 2.27. The van der Waals surface area contributed by atoms with Crippen molar-refractivity contribution in [1.29, 1.82) is 0 Å². The molecule has 0 aliphatic heterocycles. The molecule has 0 saturated carbocycles. The lowest BCUT2D eigenvalue weighted by molar-refractivity contribution is 0.183. The van der Waals surface area contributed by atoms with Crippen LogP contribution in [-0.4, -0.2) is 34.8 Å². The Balaban J connectivity index is 2.66. The maximum Gasteiger partial charge on any atom is 0.318 e. The molecule has 0 radical (unpaired) electrons. The molecular formula is C9H14ClN3O2. The largest absolute Gasteiger partial charge is 0.467 e. The van der Waals surface area contributed by atoms with Crippen molar-refractivity contribution in [3.63, 3.8) is 0 Å². The second kappa shape index (κ2) is 5.72. The molecule has 1 rings (SSSR count). The average molecular weight is 232 g/mol. The highest BCUT2D eigenvalue weighted by molar-refractivity contribution is 6.32. The molecular weight excluding hydrogens is 218 g/mol. The zero-order chi connectivity index (χ0) is 11.3. The van der Waals surface area contributed by atoms with E-state index in [9.17, 15) is 5.11 Å². The van der Waals surface area contributed by atoms with Gasteiger partial charge in [-0.05, 0) is 6.42 Å². The van der Waals surface area contributed by atoms with Crippen LogP contribution in [0, 0.1) is 0 Å². The van der Waals surface area contributed by atoms with Gasteiger partial charge in [-0.3, -0.25) is 0 Å². The molecule has 0 aromatic carbocycles. The Morgan fingerprint density at radius 3 is 3.00 bits per heavy atom. The van der Waals surface area contributed by atoms with Crippen molar-refractivity contribution in [2.75, 3.05) is 19.0 Å². The highest BCUT2D eigenvalue weighted by atomic mass is 35.5. The van der Waals surface area contributed by atoms with Crippen molar-refractivity contribution in [2.24, 2.45) is 0 Å². The molecule has 0 bridgehead atoms. The normalized spacial score (nSPS) is 12.3. The number of halogens is 1. The van der Waals surface area contributed by atoms with Crippen LogP contribution in [-0.2, 0) is 0 Å². The van der Waals surface area contributed by atoms with Gasteiger partial charge in [-0.25, -0.2) is 4.98 Å². The molecule has 1 unspecified atom stereocenters. The number of nitrogens with zero attached hydrogens (tertiary/aromatic N) is 2. The number of aliphatic hydroxyl groups is 1. The van der Waals surface area contributed by atoms with Gasteiger partial charge in [0.15, 0.2) is 5.82 Å². The first kappa shape index (κ1) is 12.0. The summed E-state index contributed by atoms with van der Waals surface area (Å²) in [5.74, 6) is 0.469. The summed E-state index contributed by atoms with van der Waals surface area (Å²) >= 11 is 5.86. The van der Waals surface area contributed by atoms with E-state index in [2.05, 4.69) is 15.3 Å². The molecule has 84 valence electrons. The highest BCUT2D eigenvalue weighted by Gasteiger charge is 2.07. The van der Waals surface area contributed by atoms with Gasteiger partial charge >= 0.3 is 6.01 Å². The Bertz CT molecular complexity index is 322. The second-order valence-electron chi connectivity index (χ2n) is 3.00. The Labute approximate surface area is 93.5 Å². The van der Waals surface area contributed by atoms with E-state index < -0.39 is 6.10 Å². The van der Waals surface area contributed by atoms with Crippen LogP contribution < -0.4 is 10.1 Å². The summed E-state index contributed by atoms with van der Waals surface area (Å²) in [6.45, 7) is 2.30. The second-order valence-corrected chi connectivity index (χ2v) is 3.40. The van der Waals surface area contributed by atoms with Gasteiger partial charge in [0.2, 0.25) is 0 Å². The lowest BCUT2D eigenvalue weighted by atomic mass is 10.3. The van der Waals surface area contributed by atoms with Crippen LogP contribution in [0.25, 0.3) is 0 Å². The molecule has 0 saturated heterocycles. The standard InChI is InChI=1S/C9H14ClN3O2/c1-3-6(14)4-11-8-7(10)5-12-9(13-8)15-2/h5-6,14H,3-4H2,1-2H3,(H,11,12,13). The molecule has 1 atom stereocenters. The van der Waals surface area contributed by atoms with Crippen molar-refractivity contribution >= 4 is 17.4 Å². The van der Waals surface area contributed by atoms with Gasteiger partial charge in [0.05, 0.1) is 19.4 Å². The molecule has 6 heteroatoms. The number of rotatable bonds is 5. The van der Waals surface area contributed by atoms with Crippen molar-refractivity contribution in [3.8, 4) is 6.01 Å². The molecule has 1 heterocycles. The fourth-order valence-electron chi connectivity index (χ4n) is 0.932. The smallest absolute Gasteiger partial charge is 0.318 e. The minimum absolute atomic E-state index is 0.243. The first-order valence-corrected chi connectivity index (χ1v) is 5.03. The molecule has 0 aliphatic rings. The van der Waals surface area contributed by atoms with Crippen LogP contribution in [0.2, 0.25) is 5.02 Å². The first-order valence-electron chi connectivity index (χ1n) is 4.65. The Kier molecular flexibility index (Phi) is 4.58. The molecule has 1 aromatic heterocycles.